The van der Waals surface area contributed by atoms with Crippen molar-refractivity contribution in [3.05, 3.63) is 0 Å². The zero-order valence-electron chi connectivity index (χ0n) is 16.6. The molecule has 1 saturated heterocycles. The average molecular weight is 367 g/mol. The SMILES string of the molecule is CC(C)NC(=O)[C@@H](NC(=O)CCCCCN1C(=O)CC(C)C1=O)C(C)C. The minimum atomic E-state index is -0.536. The molecule has 0 radical (unpaired) electrons. The third kappa shape index (κ3) is 6.77. The van der Waals surface area contributed by atoms with Crippen molar-refractivity contribution in [3.63, 3.8) is 0 Å². The largest absolute Gasteiger partial charge is 0.352 e. The smallest absolute Gasteiger partial charge is 0.243 e. The molecule has 7 nitrogen and oxygen atoms in total. The first-order valence-corrected chi connectivity index (χ1v) is 9.57. The molecule has 0 aromatic rings. The summed E-state index contributed by atoms with van der Waals surface area (Å²) in [7, 11) is 0. The molecule has 0 aromatic carbocycles. The second-order valence-electron chi connectivity index (χ2n) is 7.75. The zero-order chi connectivity index (χ0) is 19.9. The fourth-order valence-electron chi connectivity index (χ4n) is 2.97. The molecule has 0 spiro atoms. The van der Waals surface area contributed by atoms with Crippen LogP contribution in [-0.4, -0.2) is 47.2 Å². The summed E-state index contributed by atoms with van der Waals surface area (Å²) in [6.07, 6.45) is 2.74. The van der Waals surface area contributed by atoms with Crippen molar-refractivity contribution in [2.75, 3.05) is 6.54 Å². The number of unbranched alkanes of at least 4 members (excludes halogenated alkanes) is 2. The lowest BCUT2D eigenvalue weighted by Gasteiger charge is -2.23. The van der Waals surface area contributed by atoms with Gasteiger partial charge in [-0.25, -0.2) is 0 Å². The van der Waals surface area contributed by atoms with Gasteiger partial charge in [-0.05, 0) is 32.6 Å². The van der Waals surface area contributed by atoms with Crippen molar-refractivity contribution in [2.45, 2.75) is 78.8 Å². The summed E-state index contributed by atoms with van der Waals surface area (Å²) in [5.41, 5.74) is 0. The van der Waals surface area contributed by atoms with E-state index in [1.54, 1.807) is 6.92 Å². The number of hydrogen-bond acceptors (Lipinski definition) is 4. The lowest BCUT2D eigenvalue weighted by molar-refractivity contribution is -0.139. The molecule has 0 saturated carbocycles. The summed E-state index contributed by atoms with van der Waals surface area (Å²) in [6, 6.07) is -0.509. The van der Waals surface area contributed by atoms with Crippen LogP contribution in [0.3, 0.4) is 0 Å². The normalized spacial score (nSPS) is 18.6. The molecule has 0 aromatic heterocycles. The van der Waals surface area contributed by atoms with Crippen LogP contribution in [0, 0.1) is 11.8 Å². The van der Waals surface area contributed by atoms with Crippen LogP contribution in [0.15, 0.2) is 0 Å². The summed E-state index contributed by atoms with van der Waals surface area (Å²) >= 11 is 0. The van der Waals surface area contributed by atoms with Gasteiger partial charge in [-0.2, -0.15) is 0 Å². The van der Waals surface area contributed by atoms with Crippen LogP contribution in [-0.2, 0) is 19.2 Å². The third-order valence-electron chi connectivity index (χ3n) is 4.45. The van der Waals surface area contributed by atoms with E-state index in [9.17, 15) is 19.2 Å². The first-order chi connectivity index (χ1) is 12.1. The van der Waals surface area contributed by atoms with Crippen LogP contribution in [0.1, 0.15) is 66.7 Å². The van der Waals surface area contributed by atoms with Crippen molar-refractivity contribution < 1.29 is 19.2 Å². The van der Waals surface area contributed by atoms with Gasteiger partial charge in [-0.3, -0.25) is 24.1 Å². The molecule has 148 valence electrons. The number of likely N-dealkylation sites (tertiary alicyclic amines) is 1. The second kappa shape index (κ2) is 10.3. The Kier molecular flexibility index (Phi) is 8.75. The predicted octanol–water partition coefficient (Wildman–Crippen LogP) is 1.61. The molecule has 1 fully saturated rings. The standard InChI is InChI=1S/C19H33N3O4/c1-12(2)17(18(25)20-13(3)4)21-15(23)9-7-6-8-10-22-16(24)11-14(5)19(22)26/h12-14,17H,6-11H2,1-5H3,(H,20,25)(H,21,23)/t14?,17-/m0/s1. The van der Waals surface area contributed by atoms with Gasteiger partial charge in [0.15, 0.2) is 0 Å². The number of nitrogens with one attached hydrogen (secondary N) is 2. The molecule has 26 heavy (non-hydrogen) atoms. The average Bonchev–Trinajstić information content (AvgIpc) is 2.77. The topological polar surface area (TPSA) is 95.6 Å². The molecule has 2 N–H and O–H groups in total. The molecule has 7 heteroatoms. The molecule has 1 rings (SSSR count). The van der Waals surface area contributed by atoms with Crippen molar-refractivity contribution in [3.8, 4) is 0 Å². The highest BCUT2D eigenvalue weighted by Crippen LogP contribution is 2.19. The third-order valence-corrected chi connectivity index (χ3v) is 4.45. The van der Waals surface area contributed by atoms with Gasteiger partial charge in [0.25, 0.3) is 0 Å². The highest BCUT2D eigenvalue weighted by atomic mass is 16.2. The molecule has 2 atom stereocenters. The van der Waals surface area contributed by atoms with Gasteiger partial charge in [0.2, 0.25) is 23.6 Å². The Hall–Kier alpha value is -1.92. The van der Waals surface area contributed by atoms with Crippen LogP contribution >= 0.6 is 0 Å². The molecule has 0 aliphatic carbocycles. The van der Waals surface area contributed by atoms with E-state index in [0.29, 0.717) is 32.2 Å². The summed E-state index contributed by atoms with van der Waals surface area (Å²) in [5.74, 6) is -0.710. The van der Waals surface area contributed by atoms with Crippen molar-refractivity contribution in [1.29, 1.82) is 0 Å². The summed E-state index contributed by atoms with van der Waals surface area (Å²) < 4.78 is 0. The molecule has 1 aliphatic heterocycles. The van der Waals surface area contributed by atoms with Crippen LogP contribution in [0.4, 0.5) is 0 Å². The highest BCUT2D eigenvalue weighted by molar-refractivity contribution is 6.03. The quantitative estimate of drug-likeness (QED) is 0.453. The number of carbonyl (C=O) groups is 4. The first-order valence-electron chi connectivity index (χ1n) is 9.57. The Bertz CT molecular complexity index is 531. The Morgan fingerprint density at radius 1 is 1.08 bits per heavy atom. The Balaban J connectivity index is 2.29. The fraction of sp³-hybridized carbons (Fsp3) is 0.789. The van der Waals surface area contributed by atoms with Gasteiger partial charge in [-0.1, -0.05) is 27.2 Å². The number of imide groups is 1. The molecular weight excluding hydrogens is 334 g/mol. The fourth-order valence-corrected chi connectivity index (χ4v) is 2.97. The summed E-state index contributed by atoms with van der Waals surface area (Å²) in [6.45, 7) is 9.76. The van der Waals surface area contributed by atoms with Crippen LogP contribution < -0.4 is 10.6 Å². The molecule has 1 aliphatic rings. The lowest BCUT2D eigenvalue weighted by Crippen LogP contribution is -2.51. The number of amides is 4. The summed E-state index contributed by atoms with van der Waals surface area (Å²) in [4.78, 5) is 49.1. The Morgan fingerprint density at radius 3 is 2.23 bits per heavy atom. The van der Waals surface area contributed by atoms with E-state index in [-0.39, 0.29) is 41.5 Å². The van der Waals surface area contributed by atoms with E-state index >= 15 is 0 Å². The van der Waals surface area contributed by atoms with Crippen LogP contribution in [0.2, 0.25) is 0 Å². The van der Waals surface area contributed by atoms with E-state index in [2.05, 4.69) is 10.6 Å². The molecular formula is C19H33N3O4. The van der Waals surface area contributed by atoms with Gasteiger partial charge in [-0.15, -0.1) is 0 Å². The minimum absolute atomic E-state index is 0.00637. The summed E-state index contributed by atoms with van der Waals surface area (Å²) in [5, 5.41) is 5.63. The number of carbonyl (C=O) groups excluding carboxylic acids is 4. The predicted molar refractivity (Wildman–Crippen MR) is 99.0 cm³/mol. The maximum atomic E-state index is 12.1. The van der Waals surface area contributed by atoms with Gasteiger partial charge in [0.1, 0.15) is 6.04 Å². The number of nitrogens with zero attached hydrogens (tertiary/aromatic N) is 1. The van der Waals surface area contributed by atoms with Gasteiger partial charge < -0.3 is 10.6 Å². The van der Waals surface area contributed by atoms with Gasteiger partial charge in [0.05, 0.1) is 0 Å². The maximum Gasteiger partial charge on any atom is 0.243 e. The zero-order valence-corrected chi connectivity index (χ0v) is 16.6. The monoisotopic (exact) mass is 367 g/mol. The second-order valence-corrected chi connectivity index (χ2v) is 7.75. The van der Waals surface area contributed by atoms with Crippen LogP contribution in [0.5, 0.6) is 0 Å². The maximum absolute atomic E-state index is 12.1. The Labute approximate surface area is 156 Å². The highest BCUT2D eigenvalue weighted by Gasteiger charge is 2.34. The number of hydrogen-bond donors (Lipinski definition) is 2. The molecule has 0 bridgehead atoms. The van der Waals surface area contributed by atoms with Crippen molar-refractivity contribution in [2.24, 2.45) is 11.8 Å². The lowest BCUT2D eigenvalue weighted by atomic mass is 10.0. The van der Waals surface area contributed by atoms with E-state index in [1.165, 1.54) is 4.90 Å². The van der Waals surface area contributed by atoms with Crippen LogP contribution in [0.25, 0.3) is 0 Å². The van der Waals surface area contributed by atoms with Gasteiger partial charge in [0, 0.05) is 31.3 Å². The van der Waals surface area contributed by atoms with E-state index in [1.807, 2.05) is 27.7 Å². The van der Waals surface area contributed by atoms with Crippen molar-refractivity contribution >= 4 is 23.6 Å². The minimum Gasteiger partial charge on any atom is -0.352 e. The first kappa shape index (κ1) is 22.1. The van der Waals surface area contributed by atoms with Crippen molar-refractivity contribution in [1.82, 2.24) is 15.5 Å². The van der Waals surface area contributed by atoms with E-state index in [4.69, 9.17) is 0 Å². The Morgan fingerprint density at radius 2 is 1.73 bits per heavy atom. The number of rotatable bonds is 10. The van der Waals surface area contributed by atoms with E-state index in [0.717, 1.165) is 6.42 Å². The molecule has 1 heterocycles. The molecule has 4 amide bonds. The van der Waals surface area contributed by atoms with Gasteiger partial charge >= 0.3 is 0 Å². The van der Waals surface area contributed by atoms with E-state index < -0.39 is 6.04 Å². The molecule has 1 unspecified atom stereocenters.